The van der Waals surface area contributed by atoms with Crippen LogP contribution in [0.25, 0.3) is 0 Å². The lowest BCUT2D eigenvalue weighted by molar-refractivity contribution is 0.414. The molecular formula is C20H21ClN4O. The largest absolute Gasteiger partial charge is 0.497 e. The molecule has 0 spiro atoms. The molecule has 0 unspecified atom stereocenters. The lowest BCUT2D eigenvalue weighted by Crippen LogP contribution is -2.08. The van der Waals surface area contributed by atoms with Crippen LogP contribution in [0.15, 0.2) is 54.7 Å². The number of hydrogen-bond donors (Lipinski definition) is 2. The summed E-state index contributed by atoms with van der Waals surface area (Å²) in [5.41, 5.74) is 3.21. The molecule has 1 aromatic heterocycles. The van der Waals surface area contributed by atoms with E-state index < -0.39 is 0 Å². The Kier molecular flexibility index (Phi) is 5.92. The molecule has 2 N–H and O–H groups in total. The Morgan fingerprint density at radius 2 is 1.88 bits per heavy atom. The van der Waals surface area contributed by atoms with E-state index in [1.165, 1.54) is 5.56 Å². The smallest absolute Gasteiger partial charge is 0.229 e. The zero-order valence-electron chi connectivity index (χ0n) is 14.8. The second-order valence-electron chi connectivity index (χ2n) is 5.87. The van der Waals surface area contributed by atoms with Crippen molar-refractivity contribution in [2.45, 2.75) is 13.3 Å². The number of ether oxygens (including phenoxy) is 1. The van der Waals surface area contributed by atoms with E-state index in [0.717, 1.165) is 35.8 Å². The van der Waals surface area contributed by atoms with Crippen LogP contribution in [-0.2, 0) is 6.42 Å². The number of benzene rings is 2. The molecule has 26 heavy (non-hydrogen) atoms. The van der Waals surface area contributed by atoms with E-state index in [2.05, 4.69) is 32.7 Å². The maximum atomic E-state index is 6.06. The van der Waals surface area contributed by atoms with Crippen molar-refractivity contribution in [2.75, 3.05) is 24.3 Å². The molecule has 0 aliphatic rings. The monoisotopic (exact) mass is 368 g/mol. The summed E-state index contributed by atoms with van der Waals surface area (Å²) in [6.45, 7) is 2.79. The first-order chi connectivity index (χ1) is 12.6. The van der Waals surface area contributed by atoms with Crippen molar-refractivity contribution in [1.29, 1.82) is 0 Å². The highest BCUT2D eigenvalue weighted by Crippen LogP contribution is 2.23. The fraction of sp³-hybridized carbons (Fsp3) is 0.200. The van der Waals surface area contributed by atoms with Gasteiger partial charge in [-0.05, 0) is 54.8 Å². The normalized spacial score (nSPS) is 10.4. The molecule has 3 aromatic rings. The first-order valence-corrected chi connectivity index (χ1v) is 8.75. The SMILES string of the molecule is COc1ccc(CCNc2ccnc(Nc3cc(Cl)ccc3C)n2)cc1. The molecule has 0 fully saturated rings. The predicted octanol–water partition coefficient (Wildman–Crippen LogP) is 4.85. The van der Waals surface area contributed by atoms with Gasteiger partial charge in [-0.15, -0.1) is 0 Å². The van der Waals surface area contributed by atoms with Gasteiger partial charge < -0.3 is 15.4 Å². The van der Waals surface area contributed by atoms with Crippen LogP contribution in [0.4, 0.5) is 17.5 Å². The van der Waals surface area contributed by atoms with Crippen LogP contribution in [0.1, 0.15) is 11.1 Å². The summed E-state index contributed by atoms with van der Waals surface area (Å²) in [6.07, 6.45) is 2.62. The zero-order valence-corrected chi connectivity index (χ0v) is 15.5. The van der Waals surface area contributed by atoms with Crippen molar-refractivity contribution in [2.24, 2.45) is 0 Å². The topological polar surface area (TPSA) is 59.1 Å². The van der Waals surface area contributed by atoms with Crippen molar-refractivity contribution in [3.63, 3.8) is 0 Å². The van der Waals surface area contributed by atoms with Gasteiger partial charge in [-0.3, -0.25) is 0 Å². The molecule has 6 heteroatoms. The van der Waals surface area contributed by atoms with Crippen molar-refractivity contribution in [1.82, 2.24) is 9.97 Å². The summed E-state index contributed by atoms with van der Waals surface area (Å²) < 4.78 is 5.17. The number of hydrogen-bond acceptors (Lipinski definition) is 5. The molecular weight excluding hydrogens is 348 g/mol. The van der Waals surface area contributed by atoms with E-state index in [9.17, 15) is 0 Å². The fourth-order valence-electron chi connectivity index (χ4n) is 2.49. The molecule has 0 aliphatic heterocycles. The van der Waals surface area contributed by atoms with Crippen molar-refractivity contribution in [3.8, 4) is 5.75 Å². The highest BCUT2D eigenvalue weighted by molar-refractivity contribution is 6.30. The molecule has 0 bridgehead atoms. The van der Waals surface area contributed by atoms with E-state index in [1.54, 1.807) is 13.3 Å². The van der Waals surface area contributed by atoms with Crippen molar-refractivity contribution < 1.29 is 4.74 Å². The minimum absolute atomic E-state index is 0.532. The van der Waals surface area contributed by atoms with Gasteiger partial charge in [0.1, 0.15) is 11.6 Å². The zero-order chi connectivity index (χ0) is 18.4. The number of halogens is 1. The van der Waals surface area contributed by atoms with Gasteiger partial charge in [0.15, 0.2) is 0 Å². The molecule has 134 valence electrons. The summed E-state index contributed by atoms with van der Waals surface area (Å²) in [4.78, 5) is 8.77. The first kappa shape index (κ1) is 18.0. The minimum Gasteiger partial charge on any atom is -0.497 e. The summed E-state index contributed by atoms with van der Waals surface area (Å²) in [5, 5.41) is 7.21. The third kappa shape index (κ3) is 4.86. The summed E-state index contributed by atoms with van der Waals surface area (Å²) in [7, 11) is 1.67. The average molecular weight is 369 g/mol. The van der Waals surface area contributed by atoms with Crippen LogP contribution in [0.3, 0.4) is 0 Å². The lowest BCUT2D eigenvalue weighted by atomic mass is 10.1. The Morgan fingerprint density at radius 1 is 1.08 bits per heavy atom. The molecule has 0 amide bonds. The van der Waals surface area contributed by atoms with Crippen LogP contribution in [0.2, 0.25) is 5.02 Å². The Bertz CT molecular complexity index is 868. The van der Waals surface area contributed by atoms with E-state index >= 15 is 0 Å². The lowest BCUT2D eigenvalue weighted by Gasteiger charge is -2.10. The van der Waals surface area contributed by atoms with Crippen molar-refractivity contribution in [3.05, 3.63) is 70.9 Å². The Labute approximate surface area is 158 Å². The van der Waals surface area contributed by atoms with E-state index in [4.69, 9.17) is 16.3 Å². The number of aryl methyl sites for hydroxylation is 1. The Morgan fingerprint density at radius 3 is 2.65 bits per heavy atom. The summed E-state index contributed by atoms with van der Waals surface area (Å²) in [5.74, 6) is 2.17. The minimum atomic E-state index is 0.532. The Balaban J connectivity index is 1.59. The molecule has 0 aliphatic carbocycles. The maximum Gasteiger partial charge on any atom is 0.229 e. The van der Waals surface area contributed by atoms with Gasteiger partial charge in [-0.25, -0.2) is 4.98 Å². The van der Waals surface area contributed by atoms with Gasteiger partial charge in [-0.1, -0.05) is 29.8 Å². The van der Waals surface area contributed by atoms with Crippen LogP contribution < -0.4 is 15.4 Å². The molecule has 0 atom stereocenters. The fourth-order valence-corrected chi connectivity index (χ4v) is 2.67. The van der Waals surface area contributed by atoms with Gasteiger partial charge in [0.05, 0.1) is 7.11 Å². The molecule has 0 saturated heterocycles. The third-order valence-electron chi connectivity index (χ3n) is 3.98. The first-order valence-electron chi connectivity index (χ1n) is 8.37. The maximum absolute atomic E-state index is 6.06. The van der Waals surface area contributed by atoms with Crippen LogP contribution in [-0.4, -0.2) is 23.6 Å². The number of nitrogens with one attached hydrogen (secondary N) is 2. The summed E-state index contributed by atoms with van der Waals surface area (Å²) >= 11 is 6.06. The van der Waals surface area contributed by atoms with Crippen molar-refractivity contribution >= 4 is 29.1 Å². The van der Waals surface area contributed by atoms with Gasteiger partial charge in [0, 0.05) is 23.5 Å². The quantitative estimate of drug-likeness (QED) is 0.624. The van der Waals surface area contributed by atoms with Crippen LogP contribution >= 0.6 is 11.6 Å². The van der Waals surface area contributed by atoms with Gasteiger partial charge in [0.2, 0.25) is 5.95 Å². The highest BCUT2D eigenvalue weighted by atomic mass is 35.5. The number of nitrogens with zero attached hydrogens (tertiary/aromatic N) is 2. The Hall–Kier alpha value is -2.79. The molecule has 0 saturated carbocycles. The predicted molar refractivity (Wildman–Crippen MR) is 107 cm³/mol. The molecule has 5 nitrogen and oxygen atoms in total. The van der Waals surface area contributed by atoms with Crippen LogP contribution in [0.5, 0.6) is 5.75 Å². The molecule has 1 heterocycles. The number of anilines is 3. The second kappa shape index (κ2) is 8.54. The van der Waals surface area contributed by atoms with Gasteiger partial charge in [-0.2, -0.15) is 4.98 Å². The number of aromatic nitrogens is 2. The third-order valence-corrected chi connectivity index (χ3v) is 4.22. The second-order valence-corrected chi connectivity index (χ2v) is 6.31. The highest BCUT2D eigenvalue weighted by Gasteiger charge is 2.04. The van der Waals surface area contributed by atoms with E-state index in [0.29, 0.717) is 11.0 Å². The molecule has 0 radical (unpaired) electrons. The number of methoxy groups -OCH3 is 1. The molecule has 2 aromatic carbocycles. The molecule has 3 rings (SSSR count). The van der Waals surface area contributed by atoms with Crippen LogP contribution in [0, 0.1) is 6.92 Å². The van der Waals surface area contributed by atoms with Gasteiger partial charge >= 0.3 is 0 Å². The van der Waals surface area contributed by atoms with Gasteiger partial charge in [0.25, 0.3) is 0 Å². The standard InChI is InChI=1S/C20H21ClN4O/c1-14-3-6-16(21)13-18(14)24-20-23-12-10-19(25-20)22-11-9-15-4-7-17(26-2)8-5-15/h3-8,10,12-13H,9,11H2,1-2H3,(H2,22,23,24,25). The summed E-state index contributed by atoms with van der Waals surface area (Å²) in [6, 6.07) is 15.6. The number of rotatable bonds is 7. The van der Waals surface area contributed by atoms with E-state index in [-0.39, 0.29) is 0 Å². The average Bonchev–Trinajstić information content (AvgIpc) is 2.66. The van der Waals surface area contributed by atoms with E-state index in [1.807, 2.05) is 43.3 Å².